The maximum atomic E-state index is 11.7. The molecule has 0 spiro atoms. The van der Waals surface area contributed by atoms with E-state index in [4.69, 9.17) is 0 Å². The molecule has 1 unspecified atom stereocenters. The average molecular weight is 263 g/mol. The van der Waals surface area contributed by atoms with E-state index in [-0.39, 0.29) is 11.8 Å². The van der Waals surface area contributed by atoms with Crippen LogP contribution in [0.15, 0.2) is 6.33 Å². The minimum atomic E-state index is -0.430. The van der Waals surface area contributed by atoms with E-state index in [1.807, 2.05) is 13.8 Å². The minimum Gasteiger partial charge on any atom is -0.370 e. The summed E-state index contributed by atoms with van der Waals surface area (Å²) in [7, 11) is 0. The monoisotopic (exact) mass is 263 g/mol. The Labute approximate surface area is 111 Å². The third-order valence-corrected chi connectivity index (χ3v) is 2.98. The minimum absolute atomic E-state index is 0.226. The van der Waals surface area contributed by atoms with Crippen LogP contribution >= 0.6 is 0 Å². The molecule has 7 nitrogen and oxygen atoms in total. The second-order valence-corrected chi connectivity index (χ2v) is 4.37. The molecule has 0 aromatic carbocycles. The number of amides is 2. The predicted octanol–water partition coefficient (Wildman–Crippen LogP) is 0.434. The fraction of sp³-hybridized carbons (Fsp3) is 0.500. The van der Waals surface area contributed by atoms with Crippen molar-refractivity contribution < 1.29 is 9.59 Å². The van der Waals surface area contributed by atoms with Gasteiger partial charge in [-0.15, -0.1) is 0 Å². The SMILES string of the molecule is CCNc1ncnc(NC2CCC(=O)NC2=O)c1C. The van der Waals surface area contributed by atoms with Crippen molar-refractivity contribution in [3.63, 3.8) is 0 Å². The zero-order chi connectivity index (χ0) is 13.8. The van der Waals surface area contributed by atoms with Crippen LogP contribution in [0, 0.1) is 6.92 Å². The summed E-state index contributed by atoms with van der Waals surface area (Å²) < 4.78 is 0. The molecular formula is C12H17N5O2. The van der Waals surface area contributed by atoms with E-state index in [0.29, 0.717) is 18.7 Å². The number of nitrogens with one attached hydrogen (secondary N) is 3. The van der Waals surface area contributed by atoms with Gasteiger partial charge < -0.3 is 10.6 Å². The number of hydrogen-bond donors (Lipinski definition) is 3. The molecule has 2 rings (SSSR count). The average Bonchev–Trinajstić information content (AvgIpc) is 2.37. The van der Waals surface area contributed by atoms with Crippen molar-refractivity contribution >= 4 is 23.5 Å². The Hall–Kier alpha value is -2.18. The quantitative estimate of drug-likeness (QED) is 0.682. The number of piperidine rings is 1. The molecule has 1 saturated heterocycles. The first-order valence-electron chi connectivity index (χ1n) is 6.27. The maximum absolute atomic E-state index is 11.7. The van der Waals surface area contributed by atoms with Crippen LogP contribution in [-0.2, 0) is 9.59 Å². The number of nitrogens with zero attached hydrogens (tertiary/aromatic N) is 2. The second kappa shape index (κ2) is 5.64. The van der Waals surface area contributed by atoms with Gasteiger partial charge in [-0.05, 0) is 20.3 Å². The summed E-state index contributed by atoms with van der Waals surface area (Å²) in [4.78, 5) is 31.0. The summed E-state index contributed by atoms with van der Waals surface area (Å²) in [6, 6.07) is -0.430. The van der Waals surface area contributed by atoms with Gasteiger partial charge in [0.25, 0.3) is 0 Å². The van der Waals surface area contributed by atoms with Crippen molar-refractivity contribution in [1.29, 1.82) is 0 Å². The third-order valence-electron chi connectivity index (χ3n) is 2.98. The molecular weight excluding hydrogens is 246 g/mol. The molecule has 1 aromatic heterocycles. The Morgan fingerprint density at radius 3 is 2.79 bits per heavy atom. The normalized spacial score (nSPS) is 18.9. The molecule has 1 aliphatic rings. The maximum Gasteiger partial charge on any atom is 0.249 e. The van der Waals surface area contributed by atoms with Crippen molar-refractivity contribution in [2.45, 2.75) is 32.7 Å². The molecule has 1 fully saturated rings. The van der Waals surface area contributed by atoms with Crippen molar-refractivity contribution in [3.8, 4) is 0 Å². The van der Waals surface area contributed by atoms with Gasteiger partial charge in [-0.2, -0.15) is 0 Å². The smallest absolute Gasteiger partial charge is 0.249 e. The van der Waals surface area contributed by atoms with Crippen LogP contribution in [0.5, 0.6) is 0 Å². The molecule has 0 radical (unpaired) electrons. The van der Waals surface area contributed by atoms with Gasteiger partial charge in [0.1, 0.15) is 24.0 Å². The number of anilines is 2. The highest BCUT2D eigenvalue weighted by molar-refractivity contribution is 6.01. The Kier molecular flexibility index (Phi) is 3.94. The van der Waals surface area contributed by atoms with Gasteiger partial charge >= 0.3 is 0 Å². The van der Waals surface area contributed by atoms with Gasteiger partial charge in [-0.1, -0.05) is 0 Å². The predicted molar refractivity (Wildman–Crippen MR) is 70.7 cm³/mol. The largest absolute Gasteiger partial charge is 0.370 e. The lowest BCUT2D eigenvalue weighted by molar-refractivity contribution is -0.133. The molecule has 0 saturated carbocycles. The summed E-state index contributed by atoms with van der Waals surface area (Å²) in [5.74, 6) is 0.822. The first kappa shape index (κ1) is 13.3. The van der Waals surface area contributed by atoms with Crippen molar-refractivity contribution in [3.05, 3.63) is 11.9 Å². The van der Waals surface area contributed by atoms with Gasteiger partial charge in [0.2, 0.25) is 11.8 Å². The Morgan fingerprint density at radius 2 is 2.11 bits per heavy atom. The highest BCUT2D eigenvalue weighted by Gasteiger charge is 2.27. The van der Waals surface area contributed by atoms with Gasteiger partial charge in [0.15, 0.2) is 0 Å². The van der Waals surface area contributed by atoms with E-state index in [0.717, 1.165) is 17.9 Å². The fourth-order valence-corrected chi connectivity index (χ4v) is 1.94. The molecule has 0 bridgehead atoms. The van der Waals surface area contributed by atoms with Crippen LogP contribution in [0.4, 0.5) is 11.6 Å². The second-order valence-electron chi connectivity index (χ2n) is 4.37. The molecule has 19 heavy (non-hydrogen) atoms. The summed E-state index contributed by atoms with van der Waals surface area (Å²) in [6.07, 6.45) is 2.26. The third kappa shape index (κ3) is 2.98. The highest BCUT2D eigenvalue weighted by atomic mass is 16.2. The van der Waals surface area contributed by atoms with Crippen LogP contribution in [0.1, 0.15) is 25.3 Å². The van der Waals surface area contributed by atoms with Crippen LogP contribution in [0.2, 0.25) is 0 Å². The molecule has 2 heterocycles. The molecule has 2 amide bonds. The molecule has 1 atom stereocenters. The summed E-state index contributed by atoms with van der Waals surface area (Å²) in [6.45, 7) is 4.62. The highest BCUT2D eigenvalue weighted by Crippen LogP contribution is 2.20. The lowest BCUT2D eigenvalue weighted by Crippen LogP contribution is -2.47. The number of carbonyl (C=O) groups is 2. The summed E-state index contributed by atoms with van der Waals surface area (Å²) in [5.41, 5.74) is 0.856. The van der Waals surface area contributed by atoms with Crippen LogP contribution in [0.25, 0.3) is 0 Å². The molecule has 0 aliphatic carbocycles. The summed E-state index contributed by atoms with van der Waals surface area (Å²) in [5, 5.41) is 8.50. The first-order chi connectivity index (χ1) is 9.11. The molecule has 3 N–H and O–H groups in total. The lowest BCUT2D eigenvalue weighted by atomic mass is 10.1. The topological polar surface area (TPSA) is 96.0 Å². The fourth-order valence-electron chi connectivity index (χ4n) is 1.94. The Balaban J connectivity index is 2.13. The van der Waals surface area contributed by atoms with Crippen molar-refractivity contribution in [1.82, 2.24) is 15.3 Å². The van der Waals surface area contributed by atoms with E-state index in [9.17, 15) is 9.59 Å². The van der Waals surface area contributed by atoms with E-state index in [1.165, 1.54) is 6.33 Å². The Bertz CT molecular complexity index is 503. The van der Waals surface area contributed by atoms with Crippen LogP contribution in [-0.4, -0.2) is 34.4 Å². The van der Waals surface area contributed by atoms with E-state index in [2.05, 4.69) is 25.9 Å². The van der Waals surface area contributed by atoms with Gasteiger partial charge in [0.05, 0.1) is 0 Å². The van der Waals surface area contributed by atoms with Gasteiger partial charge in [-0.3, -0.25) is 14.9 Å². The molecule has 1 aliphatic heterocycles. The van der Waals surface area contributed by atoms with Crippen LogP contribution in [0.3, 0.4) is 0 Å². The number of imide groups is 1. The summed E-state index contributed by atoms with van der Waals surface area (Å²) >= 11 is 0. The van der Waals surface area contributed by atoms with E-state index >= 15 is 0 Å². The Morgan fingerprint density at radius 1 is 1.37 bits per heavy atom. The number of rotatable bonds is 4. The first-order valence-corrected chi connectivity index (χ1v) is 6.27. The lowest BCUT2D eigenvalue weighted by Gasteiger charge is -2.23. The number of hydrogen-bond acceptors (Lipinski definition) is 6. The van der Waals surface area contributed by atoms with E-state index in [1.54, 1.807) is 0 Å². The van der Waals surface area contributed by atoms with Crippen molar-refractivity contribution in [2.75, 3.05) is 17.2 Å². The van der Waals surface area contributed by atoms with Crippen LogP contribution < -0.4 is 16.0 Å². The van der Waals surface area contributed by atoms with Crippen molar-refractivity contribution in [2.24, 2.45) is 0 Å². The molecule has 1 aromatic rings. The standard InChI is InChI=1S/C12H17N5O2/c1-3-13-10-7(2)11(15-6-14-10)16-8-4-5-9(18)17-12(8)19/h6,8H,3-5H2,1-2H3,(H,17,18,19)(H2,13,14,15,16). The zero-order valence-electron chi connectivity index (χ0n) is 11.0. The van der Waals surface area contributed by atoms with E-state index < -0.39 is 6.04 Å². The van der Waals surface area contributed by atoms with Gasteiger partial charge in [0, 0.05) is 18.5 Å². The molecule has 7 heteroatoms. The molecule has 102 valence electrons. The zero-order valence-corrected chi connectivity index (χ0v) is 11.0. The number of carbonyl (C=O) groups excluding carboxylic acids is 2. The number of aromatic nitrogens is 2. The van der Waals surface area contributed by atoms with Gasteiger partial charge in [-0.25, -0.2) is 9.97 Å².